The van der Waals surface area contributed by atoms with Crippen LogP contribution in [0.2, 0.25) is 0 Å². The molecule has 5 heteroatoms. The number of likely N-dealkylation sites (tertiary alicyclic amines) is 1. The van der Waals surface area contributed by atoms with Crippen LogP contribution < -0.4 is 11.1 Å². The fourth-order valence-corrected chi connectivity index (χ4v) is 2.66. The smallest absolute Gasteiger partial charge is 0.234 e. The maximum absolute atomic E-state index is 11.4. The van der Waals surface area contributed by atoms with Crippen LogP contribution in [-0.4, -0.2) is 67.6 Å². The topological polar surface area (TPSA) is 61.6 Å². The van der Waals surface area contributed by atoms with Crippen molar-refractivity contribution < 1.29 is 4.79 Å². The van der Waals surface area contributed by atoms with Crippen molar-refractivity contribution in [2.24, 2.45) is 5.73 Å². The van der Waals surface area contributed by atoms with Gasteiger partial charge in [-0.15, -0.1) is 0 Å². The van der Waals surface area contributed by atoms with Crippen LogP contribution in [0.15, 0.2) is 0 Å². The van der Waals surface area contributed by atoms with Crippen LogP contribution in [-0.2, 0) is 4.79 Å². The van der Waals surface area contributed by atoms with Gasteiger partial charge >= 0.3 is 0 Å². The fraction of sp³-hybridized carbons (Fsp3) is 0.929. The van der Waals surface area contributed by atoms with Gasteiger partial charge in [0.2, 0.25) is 5.91 Å². The number of primary amides is 1. The molecule has 112 valence electrons. The van der Waals surface area contributed by atoms with Crippen LogP contribution >= 0.6 is 0 Å². The molecule has 1 atom stereocenters. The van der Waals surface area contributed by atoms with Crippen LogP contribution in [0, 0.1) is 0 Å². The van der Waals surface area contributed by atoms with E-state index in [0.29, 0.717) is 6.04 Å². The number of hydrogen-bond acceptors (Lipinski definition) is 4. The molecular formula is C14H30N4O. The summed E-state index contributed by atoms with van der Waals surface area (Å²) < 4.78 is 0. The molecule has 1 fully saturated rings. The van der Waals surface area contributed by atoms with Crippen LogP contribution in [0.5, 0.6) is 0 Å². The number of rotatable bonds is 7. The Balaban J connectivity index is 2.34. The first kappa shape index (κ1) is 16.4. The lowest BCUT2D eigenvalue weighted by Gasteiger charge is -2.35. The maximum atomic E-state index is 11.4. The zero-order valence-corrected chi connectivity index (χ0v) is 12.9. The third kappa shape index (κ3) is 5.89. The summed E-state index contributed by atoms with van der Waals surface area (Å²) in [6.45, 7) is 7.33. The van der Waals surface area contributed by atoms with Gasteiger partial charge in [0.25, 0.3) is 0 Å². The van der Waals surface area contributed by atoms with Crippen molar-refractivity contribution in [3.05, 3.63) is 0 Å². The van der Waals surface area contributed by atoms with E-state index in [1.165, 1.54) is 25.9 Å². The molecule has 0 aromatic carbocycles. The number of nitrogens with zero attached hydrogens (tertiary/aromatic N) is 2. The highest BCUT2D eigenvalue weighted by Gasteiger charge is 2.22. The molecule has 1 rings (SSSR count). The number of nitrogens with one attached hydrogen (secondary N) is 1. The zero-order valence-electron chi connectivity index (χ0n) is 12.9. The Labute approximate surface area is 117 Å². The van der Waals surface area contributed by atoms with E-state index in [9.17, 15) is 4.79 Å². The first-order valence-corrected chi connectivity index (χ1v) is 7.34. The summed E-state index contributed by atoms with van der Waals surface area (Å²) in [4.78, 5) is 16.2. The highest BCUT2D eigenvalue weighted by Crippen LogP contribution is 2.14. The molecular weight excluding hydrogens is 240 g/mol. The van der Waals surface area contributed by atoms with E-state index >= 15 is 0 Å². The average molecular weight is 270 g/mol. The summed E-state index contributed by atoms with van der Waals surface area (Å²) >= 11 is 0. The largest absolute Gasteiger partial charge is 0.368 e. The molecule has 0 aromatic rings. The second-order valence-corrected chi connectivity index (χ2v) is 6.08. The van der Waals surface area contributed by atoms with E-state index in [1.54, 1.807) is 0 Å². The van der Waals surface area contributed by atoms with Gasteiger partial charge in [0.05, 0.1) is 6.04 Å². The molecule has 0 radical (unpaired) electrons. The molecule has 0 aliphatic carbocycles. The number of carbonyl (C=O) groups is 1. The van der Waals surface area contributed by atoms with Crippen molar-refractivity contribution in [2.75, 3.05) is 33.7 Å². The van der Waals surface area contributed by atoms with Gasteiger partial charge in [-0.3, -0.25) is 4.79 Å². The quantitative estimate of drug-likeness (QED) is 0.696. The molecule has 0 aromatic heterocycles. The summed E-state index contributed by atoms with van der Waals surface area (Å²) in [7, 11) is 4.33. The molecule has 1 aliphatic heterocycles. The lowest BCUT2D eigenvalue weighted by molar-refractivity contribution is -0.120. The van der Waals surface area contributed by atoms with E-state index < -0.39 is 0 Å². The molecule has 1 amide bonds. The third-order valence-corrected chi connectivity index (χ3v) is 3.96. The minimum absolute atomic E-state index is 0.214. The second-order valence-electron chi connectivity index (χ2n) is 6.08. The van der Waals surface area contributed by atoms with E-state index in [0.717, 1.165) is 13.0 Å². The molecule has 0 bridgehead atoms. The minimum atomic E-state index is -0.245. The Bertz CT molecular complexity index is 275. The lowest BCUT2D eigenvalue weighted by atomic mass is 10.0. The summed E-state index contributed by atoms with van der Waals surface area (Å²) in [5, 5.41) is 3.24. The van der Waals surface area contributed by atoms with E-state index in [4.69, 9.17) is 5.73 Å². The van der Waals surface area contributed by atoms with Crippen molar-refractivity contribution in [2.45, 2.75) is 51.2 Å². The molecule has 1 saturated heterocycles. The maximum Gasteiger partial charge on any atom is 0.234 e. The Morgan fingerprint density at radius 2 is 2.00 bits per heavy atom. The van der Waals surface area contributed by atoms with Gasteiger partial charge in [-0.2, -0.15) is 0 Å². The van der Waals surface area contributed by atoms with E-state index in [2.05, 4.69) is 29.2 Å². The monoisotopic (exact) mass is 270 g/mol. The number of hydrogen-bond donors (Lipinski definition) is 2. The van der Waals surface area contributed by atoms with Crippen molar-refractivity contribution in [3.63, 3.8) is 0 Å². The van der Waals surface area contributed by atoms with Crippen LogP contribution in [0.25, 0.3) is 0 Å². The van der Waals surface area contributed by atoms with Gasteiger partial charge < -0.3 is 20.9 Å². The Morgan fingerprint density at radius 3 is 2.47 bits per heavy atom. The van der Waals surface area contributed by atoms with Gasteiger partial charge in [0.1, 0.15) is 0 Å². The summed E-state index contributed by atoms with van der Waals surface area (Å²) in [5.41, 5.74) is 5.44. The minimum Gasteiger partial charge on any atom is -0.368 e. The van der Waals surface area contributed by atoms with Crippen LogP contribution in [0.1, 0.15) is 33.1 Å². The third-order valence-electron chi connectivity index (χ3n) is 3.96. The molecule has 1 unspecified atom stereocenters. The van der Waals surface area contributed by atoms with Crippen LogP contribution in [0.3, 0.4) is 0 Å². The molecule has 0 saturated carbocycles. The number of nitrogens with two attached hydrogens (primary N) is 1. The first-order valence-electron chi connectivity index (χ1n) is 7.34. The highest BCUT2D eigenvalue weighted by molar-refractivity contribution is 5.79. The summed E-state index contributed by atoms with van der Waals surface area (Å²) in [6.07, 6.45) is 3.22. The lowest BCUT2D eigenvalue weighted by Crippen LogP contribution is -2.48. The van der Waals surface area contributed by atoms with Crippen molar-refractivity contribution in [1.29, 1.82) is 0 Å². The van der Waals surface area contributed by atoms with E-state index in [1.807, 2.05) is 13.8 Å². The highest BCUT2D eigenvalue weighted by atomic mass is 16.1. The Morgan fingerprint density at radius 1 is 1.42 bits per heavy atom. The predicted molar refractivity (Wildman–Crippen MR) is 79.0 cm³/mol. The normalized spacial score (nSPS) is 20.1. The fourth-order valence-electron chi connectivity index (χ4n) is 2.66. The number of amides is 1. The van der Waals surface area contributed by atoms with Gasteiger partial charge in [-0.1, -0.05) is 13.8 Å². The van der Waals surface area contributed by atoms with Gasteiger partial charge in [-0.25, -0.2) is 0 Å². The van der Waals surface area contributed by atoms with Gasteiger partial charge in [0.15, 0.2) is 0 Å². The standard InChI is InChI=1S/C14H30N4O/c1-11(2)16-13(14(15)19)7-10-18(4)12-5-8-17(3)9-6-12/h11-13,16H,5-10H2,1-4H3,(H2,15,19). The van der Waals surface area contributed by atoms with Crippen molar-refractivity contribution >= 4 is 5.91 Å². The van der Waals surface area contributed by atoms with Gasteiger partial charge in [0, 0.05) is 18.6 Å². The summed E-state index contributed by atoms with van der Waals surface area (Å²) in [5.74, 6) is -0.245. The molecule has 0 spiro atoms. The number of carbonyl (C=O) groups excluding carboxylic acids is 1. The molecule has 5 nitrogen and oxygen atoms in total. The SMILES string of the molecule is CC(C)NC(CCN(C)C1CCN(C)CC1)C(N)=O. The van der Waals surface area contributed by atoms with Crippen molar-refractivity contribution in [1.82, 2.24) is 15.1 Å². The molecule has 3 N–H and O–H groups in total. The zero-order chi connectivity index (χ0) is 14.4. The average Bonchev–Trinajstić information content (AvgIpc) is 2.34. The molecule has 1 aliphatic rings. The van der Waals surface area contributed by atoms with Crippen molar-refractivity contribution in [3.8, 4) is 0 Å². The Hall–Kier alpha value is -0.650. The Kier molecular flexibility index (Phi) is 6.75. The van der Waals surface area contributed by atoms with Gasteiger partial charge in [-0.05, 0) is 46.4 Å². The molecule has 1 heterocycles. The molecule has 19 heavy (non-hydrogen) atoms. The first-order chi connectivity index (χ1) is 8.90. The predicted octanol–water partition coefficient (Wildman–Crippen LogP) is 0.254. The van der Waals surface area contributed by atoms with E-state index in [-0.39, 0.29) is 18.0 Å². The summed E-state index contributed by atoms with van der Waals surface area (Å²) in [6, 6.07) is 0.712. The number of piperidine rings is 1. The second kappa shape index (κ2) is 7.82. The van der Waals surface area contributed by atoms with Crippen LogP contribution in [0.4, 0.5) is 0 Å².